The number of benzene rings is 4. The first-order chi connectivity index (χ1) is 65.8. The van der Waals surface area contributed by atoms with Gasteiger partial charge in [-0.05, 0) is 196 Å². The number of aryl methyl sites for hydroxylation is 2. The van der Waals surface area contributed by atoms with Crippen molar-refractivity contribution in [1.29, 1.82) is 0 Å². The first-order valence-electron chi connectivity index (χ1n) is 48.7. The molecule has 3 saturated carbocycles. The highest BCUT2D eigenvalue weighted by Crippen LogP contribution is 2.60. The van der Waals surface area contributed by atoms with E-state index in [2.05, 4.69) is 92.4 Å². The van der Waals surface area contributed by atoms with E-state index < -0.39 is 97.7 Å². The second-order valence-corrected chi connectivity index (χ2v) is 39.1. The molecule has 13 N–H and O–H groups in total. The first kappa shape index (κ1) is 109. The lowest BCUT2D eigenvalue weighted by Crippen LogP contribution is -2.60. The normalized spacial score (nSPS) is 21.8. The molecule has 1 aliphatic heterocycles. The van der Waals surface area contributed by atoms with Crippen molar-refractivity contribution >= 4 is 97.7 Å². The third-order valence-corrected chi connectivity index (χ3v) is 28.1. The summed E-state index contributed by atoms with van der Waals surface area (Å²) in [6.45, 7) is 18.1. The number of carbonyl (C=O) groups excluding carboxylic acids is 10. The number of amides is 10. The quantitative estimate of drug-likeness (QED) is 0.00381. The summed E-state index contributed by atoms with van der Waals surface area (Å²) in [7, 11) is -4.16. The van der Waals surface area contributed by atoms with Crippen molar-refractivity contribution in [3.63, 3.8) is 0 Å². The molecule has 4 aromatic rings. The van der Waals surface area contributed by atoms with Crippen molar-refractivity contribution in [3.8, 4) is 11.8 Å². The SMILES string of the molecule is CC(C)[C@H](NC(=O)[C@@H](CCCCNC(=O)COC1CCCCCC(=NCCOCCOCCOCCOCCC(=O)NCCS(=O)(=O)O)C1=NN)NC(=O)CCOCCOCCOCCOCCNC(=O)CCC(=O)N1Cc2ccccc2C#Cc2ccccc21)C(=O)N[C@@H](C)C(=O)Nc1ccc2c(c1)[C@@]1(C)CCC[C@](C)(C(=O)NC(=O)[C@@]3(C)CCC[C@]4(C)c5cc(N)ccc5CC[C@@H]34)C1CC2. The van der Waals surface area contributed by atoms with Crippen LogP contribution in [-0.4, -0.2) is 252 Å². The number of rotatable bonds is 54. The van der Waals surface area contributed by atoms with Crippen molar-refractivity contribution < 1.29 is 104 Å². The van der Waals surface area contributed by atoms with Gasteiger partial charge in [-0.15, -0.1) is 0 Å². The van der Waals surface area contributed by atoms with Crippen LogP contribution in [0.25, 0.3) is 0 Å². The van der Waals surface area contributed by atoms with Gasteiger partial charge in [0.15, 0.2) is 0 Å². The van der Waals surface area contributed by atoms with E-state index in [4.69, 9.17) is 63.8 Å². The Morgan fingerprint density at radius 3 is 1.69 bits per heavy atom. The number of nitrogen functional groups attached to an aromatic ring is 1. The van der Waals surface area contributed by atoms with Crippen LogP contribution in [0.4, 0.5) is 17.1 Å². The van der Waals surface area contributed by atoms with E-state index >= 15 is 4.79 Å². The van der Waals surface area contributed by atoms with Crippen LogP contribution in [0.5, 0.6) is 0 Å². The van der Waals surface area contributed by atoms with Gasteiger partial charge in [-0.1, -0.05) is 122 Å². The van der Waals surface area contributed by atoms with Crippen LogP contribution in [-0.2, 0) is 131 Å². The van der Waals surface area contributed by atoms with Crippen molar-refractivity contribution in [2.45, 2.75) is 231 Å². The lowest BCUT2D eigenvalue weighted by molar-refractivity contribution is -0.150. The molecule has 1 heterocycles. The Bertz CT molecular complexity index is 4990. The number of unbranched alkanes of at least 4 members (excludes halogenated alkanes) is 1. The largest absolute Gasteiger partial charge is 0.399 e. The van der Waals surface area contributed by atoms with Gasteiger partial charge >= 0.3 is 0 Å². The van der Waals surface area contributed by atoms with Crippen LogP contribution in [0.2, 0.25) is 0 Å². The summed E-state index contributed by atoms with van der Waals surface area (Å²) in [5.41, 5.74) is 14.2. The number of imide groups is 1. The van der Waals surface area contributed by atoms with Crippen LogP contribution in [0, 0.1) is 40.4 Å². The minimum atomic E-state index is -4.16. The third-order valence-electron chi connectivity index (χ3n) is 27.4. The Labute approximate surface area is 806 Å². The van der Waals surface area contributed by atoms with E-state index in [1.54, 1.807) is 25.7 Å². The van der Waals surface area contributed by atoms with E-state index in [0.29, 0.717) is 120 Å². The average Bonchev–Trinajstić information content (AvgIpc) is 0.717. The molecule has 0 aromatic heterocycles. The molecule has 10 amide bonds. The number of aliphatic imine (C=N–C) groups is 1. The predicted molar refractivity (Wildman–Crippen MR) is 519 cm³/mol. The number of nitrogens with one attached hydrogen (secondary N) is 8. The predicted octanol–water partition coefficient (Wildman–Crippen LogP) is 7.85. The summed E-state index contributed by atoms with van der Waals surface area (Å²) in [5.74, 6) is 7.27. The number of hydrazone groups is 1. The molecule has 10 atom stereocenters. The van der Waals surface area contributed by atoms with Gasteiger partial charge < -0.3 is 96.3 Å². The van der Waals surface area contributed by atoms with Crippen molar-refractivity contribution in [2.24, 2.45) is 44.5 Å². The zero-order valence-electron chi connectivity index (χ0n) is 80.9. The van der Waals surface area contributed by atoms with Gasteiger partial charge in [-0.3, -0.25) is 62.8 Å². The average molecular weight is 1930 g/mol. The molecule has 35 nitrogen and oxygen atoms in total. The zero-order chi connectivity index (χ0) is 98.4. The van der Waals surface area contributed by atoms with Gasteiger partial charge in [0, 0.05) is 67.8 Å². The summed E-state index contributed by atoms with van der Waals surface area (Å²) in [5, 5.41) is 26.8. The molecule has 0 spiro atoms. The minimum absolute atomic E-state index is 0.00903. The van der Waals surface area contributed by atoms with Crippen LogP contribution < -0.4 is 59.0 Å². The molecule has 36 heteroatoms. The highest BCUT2D eigenvalue weighted by atomic mass is 32.2. The molecular weight excluding hydrogens is 1780 g/mol. The number of ether oxygens (including phenoxy) is 9. The summed E-state index contributed by atoms with van der Waals surface area (Å²) in [6.07, 6.45) is 11.7. The first-order valence-corrected chi connectivity index (χ1v) is 50.3. The fourth-order valence-corrected chi connectivity index (χ4v) is 20.3. The van der Waals surface area contributed by atoms with Gasteiger partial charge in [0.1, 0.15) is 36.5 Å². The molecule has 3 fully saturated rings. The maximum atomic E-state index is 15.0. The highest BCUT2D eigenvalue weighted by molar-refractivity contribution is 7.85. The summed E-state index contributed by atoms with van der Waals surface area (Å²) in [4.78, 5) is 145. The minimum Gasteiger partial charge on any atom is -0.399 e. The zero-order valence-corrected chi connectivity index (χ0v) is 81.7. The molecule has 5 aliphatic carbocycles. The van der Waals surface area contributed by atoms with Gasteiger partial charge in [-0.25, -0.2) is 0 Å². The van der Waals surface area contributed by atoms with Crippen LogP contribution >= 0.6 is 0 Å². The summed E-state index contributed by atoms with van der Waals surface area (Å²) >= 11 is 0. The second kappa shape index (κ2) is 54.4. The summed E-state index contributed by atoms with van der Waals surface area (Å²) < 4.78 is 81.4. The molecule has 0 saturated heterocycles. The van der Waals surface area contributed by atoms with Crippen LogP contribution in [0.15, 0.2) is 95.0 Å². The monoisotopic (exact) mass is 1920 g/mol. The Kier molecular flexibility index (Phi) is 43.2. The Balaban J connectivity index is 0.653. The van der Waals surface area contributed by atoms with Crippen LogP contribution in [0.1, 0.15) is 216 Å². The molecule has 4 aromatic carbocycles. The standard InChI is InChI=1S/C101H145N13O22S/c1-69(2)91(95(122)108-70(3)93(120)109-77-33-29-73-31-35-85-99(5,79(73)66-77)41-18-43-101(85,7)97(124)112-96(123)100(6)42-17-40-98(4)78-65-76(102)32-28-72(78)30-34-84(98)100)111-94(121)81(110-88(117)39-49-129-53-57-133-61-63-135-59-55-131-51-46-106-86(115)36-37-90(119)114-67-75-21-12-11-19-71(75)26-27-74-20-13-14-24-82(74)114)23-15-16-44-105-89(118)68-136-83-25-10-8-9-22-80(92(83)113-103)104-45-50-130-54-58-134-62-60-132-56-52-128-48-38-87(116)107-47-64-137(125,126)127/h11-14,19-21,24,28-29,32-33,65-66,69-70,81,83-85,91H,8-10,15-18,22-23,25,30-31,34-64,67-68,102-103H2,1-7H3,(H,105,118)(H,106,115)(H,107,116)(H,108,122)(H,109,120)(H,110,117)(H,111,121)(H,112,123,124)(H,125,126,127)/t70-,81+,83?,84+,85?,91-,98+,99+,100-,101-/m0/s1. The number of para-hydroxylation sites is 1. The number of carbonyl (C=O) groups is 10. The number of anilines is 3. The number of fused-ring (bicyclic) bond motifs is 8. The summed E-state index contributed by atoms with van der Waals surface area (Å²) in [6, 6.07) is 23.8. The lowest BCUT2D eigenvalue weighted by atomic mass is 9.49. The van der Waals surface area contributed by atoms with E-state index in [0.717, 1.165) is 92.0 Å². The van der Waals surface area contributed by atoms with Crippen LogP contribution in [0.3, 0.4) is 0 Å². The maximum absolute atomic E-state index is 15.0. The molecule has 137 heavy (non-hydrogen) atoms. The van der Waals surface area contributed by atoms with Gasteiger partial charge in [0.2, 0.25) is 59.1 Å². The molecule has 0 radical (unpaired) electrons. The molecule has 2 unspecified atom stereocenters. The Hall–Kier alpha value is -10.2. The van der Waals surface area contributed by atoms with Gasteiger partial charge in [0.25, 0.3) is 10.1 Å². The number of hydrogen-bond donors (Lipinski definition) is 11. The molecule has 752 valence electrons. The Morgan fingerprint density at radius 2 is 1.07 bits per heavy atom. The molecule has 6 aliphatic rings. The van der Waals surface area contributed by atoms with Gasteiger partial charge in [-0.2, -0.15) is 13.5 Å². The maximum Gasteiger partial charge on any atom is 0.266 e. The van der Waals surface area contributed by atoms with E-state index in [9.17, 15) is 51.6 Å². The number of hydrogen-bond acceptors (Lipinski definition) is 25. The fraction of sp³-hybridized carbons (Fsp3) is 0.624. The van der Waals surface area contributed by atoms with Crippen molar-refractivity contribution in [2.75, 3.05) is 160 Å². The molecule has 0 bridgehead atoms. The number of nitrogens with zero attached hydrogens (tertiary/aromatic N) is 3. The fourth-order valence-electron chi connectivity index (χ4n) is 20.0. The smallest absolute Gasteiger partial charge is 0.266 e. The van der Waals surface area contributed by atoms with E-state index in [-0.39, 0.29) is 172 Å². The van der Waals surface area contributed by atoms with Gasteiger partial charge in [0.05, 0.1) is 147 Å². The van der Waals surface area contributed by atoms with E-state index in [1.165, 1.54) is 11.1 Å². The van der Waals surface area contributed by atoms with E-state index in [1.807, 2.05) is 79.7 Å². The van der Waals surface area contributed by atoms with Crippen molar-refractivity contribution in [1.82, 2.24) is 37.2 Å². The topological polar surface area (TPSA) is 484 Å². The molecular formula is C101H145N13O22S. The highest BCUT2D eigenvalue weighted by Gasteiger charge is 2.59. The molecule has 10 rings (SSSR count). The number of nitrogens with two attached hydrogens (primary N) is 2. The lowest BCUT2D eigenvalue weighted by Gasteiger charge is -2.56. The third kappa shape index (κ3) is 32.5. The second-order valence-electron chi connectivity index (χ2n) is 37.6. The Morgan fingerprint density at radius 1 is 0.526 bits per heavy atom. The van der Waals surface area contributed by atoms with Crippen molar-refractivity contribution in [3.05, 3.63) is 124 Å².